The maximum atomic E-state index is 13.6. The number of hydrogen-bond acceptors (Lipinski definition) is 6. The summed E-state index contributed by atoms with van der Waals surface area (Å²) in [4.78, 5) is 56.0. The first kappa shape index (κ1) is 28.4. The van der Waals surface area contributed by atoms with E-state index in [0.29, 0.717) is 31.4 Å². The number of nitrogens with two attached hydrogens (primary N) is 2. The van der Waals surface area contributed by atoms with Crippen molar-refractivity contribution in [3.8, 4) is 0 Å². The molecule has 0 spiro atoms. The molecule has 1 aliphatic rings. The van der Waals surface area contributed by atoms with Gasteiger partial charge in [-0.25, -0.2) is 9.59 Å². The van der Waals surface area contributed by atoms with Crippen molar-refractivity contribution < 1.29 is 29.0 Å². The molecule has 0 aromatic heterocycles. The summed E-state index contributed by atoms with van der Waals surface area (Å²) in [6.07, 6.45) is 0.617. The molecule has 0 saturated carbocycles. The molecule has 1 aliphatic heterocycles. The van der Waals surface area contributed by atoms with Crippen LogP contribution < -0.4 is 22.1 Å². The number of benzene rings is 1. The number of likely N-dealkylation sites (tertiary alicyclic amines) is 1. The Hall–Kier alpha value is -3.83. The number of alkyl carbamates (subject to hydrolysis) is 1. The average molecular weight is 505 g/mol. The monoisotopic (exact) mass is 504 g/mol. The molecule has 7 N–H and O–H groups in total. The number of carboxylic acids is 1. The topological polar surface area (TPSA) is 189 Å². The molecule has 0 aliphatic carbocycles. The lowest BCUT2D eigenvalue weighted by Gasteiger charge is -2.30. The SMILES string of the molecule is CC(C)(C)OC(=O)N[C@@H](C(=O)N1CCC[C@H]1C(=O)N[C@@H](CCCN=C(N)N)C(=O)O)c1ccccc1. The number of nitrogens with zero attached hydrogens (tertiary/aromatic N) is 2. The molecular weight excluding hydrogens is 468 g/mol. The fourth-order valence-corrected chi connectivity index (χ4v) is 3.86. The van der Waals surface area contributed by atoms with E-state index in [9.17, 15) is 24.3 Å². The normalized spacial score (nSPS) is 17.0. The van der Waals surface area contributed by atoms with Gasteiger partial charge in [0.15, 0.2) is 5.96 Å². The molecule has 1 aromatic rings. The van der Waals surface area contributed by atoms with Crippen LogP contribution in [0.4, 0.5) is 4.79 Å². The maximum absolute atomic E-state index is 13.6. The molecule has 198 valence electrons. The first-order chi connectivity index (χ1) is 16.9. The molecule has 0 unspecified atom stereocenters. The Morgan fingerprint density at radius 1 is 1.17 bits per heavy atom. The summed E-state index contributed by atoms with van der Waals surface area (Å²) in [5.41, 5.74) is 10.3. The van der Waals surface area contributed by atoms with Gasteiger partial charge in [-0.1, -0.05) is 30.3 Å². The van der Waals surface area contributed by atoms with Gasteiger partial charge in [-0.15, -0.1) is 0 Å². The third kappa shape index (κ3) is 8.75. The largest absolute Gasteiger partial charge is 0.480 e. The average Bonchev–Trinajstić information content (AvgIpc) is 3.28. The number of carboxylic acid groups (broad SMARTS) is 1. The van der Waals surface area contributed by atoms with E-state index in [1.807, 2.05) is 0 Å². The van der Waals surface area contributed by atoms with Crippen LogP contribution in [0.5, 0.6) is 0 Å². The summed E-state index contributed by atoms with van der Waals surface area (Å²) in [6, 6.07) is 5.54. The van der Waals surface area contributed by atoms with Crippen LogP contribution in [0.3, 0.4) is 0 Å². The van der Waals surface area contributed by atoms with Crippen LogP contribution >= 0.6 is 0 Å². The number of nitrogens with one attached hydrogen (secondary N) is 2. The number of carbonyl (C=O) groups is 4. The second-order valence-corrected chi connectivity index (χ2v) is 9.53. The Bertz CT molecular complexity index is 958. The Balaban J connectivity index is 2.16. The quantitative estimate of drug-likeness (QED) is 0.176. The fraction of sp³-hybridized carbons (Fsp3) is 0.542. The number of carbonyl (C=O) groups excluding carboxylic acids is 3. The smallest absolute Gasteiger partial charge is 0.408 e. The lowest BCUT2D eigenvalue weighted by molar-refractivity contribution is -0.144. The second kappa shape index (κ2) is 12.8. The third-order valence-corrected chi connectivity index (χ3v) is 5.44. The lowest BCUT2D eigenvalue weighted by Crippen LogP contribution is -2.53. The minimum absolute atomic E-state index is 0.0982. The molecule has 1 aromatic carbocycles. The predicted octanol–water partition coefficient (Wildman–Crippen LogP) is 0.866. The number of aliphatic imine (C=N–C) groups is 1. The van der Waals surface area contributed by atoms with Crippen LogP contribution in [0.2, 0.25) is 0 Å². The van der Waals surface area contributed by atoms with Gasteiger partial charge in [0.1, 0.15) is 23.7 Å². The zero-order chi connectivity index (χ0) is 26.9. The Labute approximate surface area is 210 Å². The molecule has 12 heteroatoms. The van der Waals surface area contributed by atoms with Crippen molar-refractivity contribution in [1.29, 1.82) is 0 Å². The minimum Gasteiger partial charge on any atom is -0.480 e. The predicted molar refractivity (Wildman–Crippen MR) is 133 cm³/mol. The molecule has 12 nitrogen and oxygen atoms in total. The van der Waals surface area contributed by atoms with E-state index in [-0.39, 0.29) is 18.9 Å². The van der Waals surface area contributed by atoms with Crippen LogP contribution in [0.25, 0.3) is 0 Å². The molecule has 2 rings (SSSR count). The van der Waals surface area contributed by atoms with E-state index in [1.165, 1.54) is 4.90 Å². The van der Waals surface area contributed by atoms with Crippen LogP contribution in [-0.2, 0) is 19.1 Å². The first-order valence-corrected chi connectivity index (χ1v) is 11.8. The number of guanidine groups is 1. The highest BCUT2D eigenvalue weighted by molar-refractivity contribution is 5.93. The van der Waals surface area contributed by atoms with Gasteiger partial charge in [0.05, 0.1) is 0 Å². The molecule has 1 fully saturated rings. The van der Waals surface area contributed by atoms with Gasteiger partial charge in [-0.2, -0.15) is 0 Å². The standard InChI is InChI=1S/C24H36N6O6/c1-24(2,3)36-23(35)29-18(15-9-5-4-6-10-15)20(32)30-14-8-12-17(30)19(31)28-16(21(33)34)11-7-13-27-22(25)26/h4-6,9-10,16-18H,7-8,11-14H2,1-3H3,(H,28,31)(H,29,35)(H,33,34)(H4,25,26,27)/t16-,17-,18+/m0/s1. The van der Waals surface area contributed by atoms with Crippen molar-refractivity contribution >= 4 is 29.8 Å². The molecule has 36 heavy (non-hydrogen) atoms. The number of amides is 3. The molecule has 0 radical (unpaired) electrons. The zero-order valence-electron chi connectivity index (χ0n) is 20.9. The number of hydrogen-bond donors (Lipinski definition) is 5. The summed E-state index contributed by atoms with van der Waals surface area (Å²) in [5.74, 6) is -2.35. The number of aliphatic carboxylic acids is 1. The van der Waals surface area contributed by atoms with Gasteiger partial charge in [0, 0.05) is 13.1 Å². The van der Waals surface area contributed by atoms with Crippen molar-refractivity contribution in [2.75, 3.05) is 13.1 Å². The molecular formula is C24H36N6O6. The van der Waals surface area contributed by atoms with Gasteiger partial charge in [-0.3, -0.25) is 14.6 Å². The van der Waals surface area contributed by atoms with Crippen LogP contribution in [0.1, 0.15) is 58.1 Å². The van der Waals surface area contributed by atoms with E-state index in [1.54, 1.807) is 51.1 Å². The molecule has 3 amide bonds. The van der Waals surface area contributed by atoms with Gasteiger partial charge in [0.25, 0.3) is 5.91 Å². The minimum atomic E-state index is -1.20. The Morgan fingerprint density at radius 2 is 1.83 bits per heavy atom. The zero-order valence-corrected chi connectivity index (χ0v) is 20.9. The van der Waals surface area contributed by atoms with E-state index >= 15 is 0 Å². The van der Waals surface area contributed by atoms with E-state index in [4.69, 9.17) is 16.2 Å². The van der Waals surface area contributed by atoms with Crippen LogP contribution in [0.15, 0.2) is 35.3 Å². The molecule has 3 atom stereocenters. The number of ether oxygens (including phenoxy) is 1. The highest BCUT2D eigenvalue weighted by Gasteiger charge is 2.39. The van der Waals surface area contributed by atoms with Crippen LogP contribution in [-0.4, -0.2) is 70.6 Å². The van der Waals surface area contributed by atoms with Crippen molar-refractivity contribution in [1.82, 2.24) is 15.5 Å². The first-order valence-electron chi connectivity index (χ1n) is 11.8. The lowest BCUT2D eigenvalue weighted by atomic mass is 10.0. The second-order valence-electron chi connectivity index (χ2n) is 9.53. The van der Waals surface area contributed by atoms with E-state index < -0.39 is 47.6 Å². The Morgan fingerprint density at radius 3 is 2.42 bits per heavy atom. The third-order valence-electron chi connectivity index (χ3n) is 5.44. The summed E-state index contributed by atoms with van der Waals surface area (Å²) < 4.78 is 5.33. The molecule has 1 heterocycles. The maximum Gasteiger partial charge on any atom is 0.408 e. The highest BCUT2D eigenvalue weighted by atomic mass is 16.6. The summed E-state index contributed by atoms with van der Waals surface area (Å²) >= 11 is 0. The fourth-order valence-electron chi connectivity index (χ4n) is 3.86. The van der Waals surface area contributed by atoms with Gasteiger partial charge >= 0.3 is 12.1 Å². The summed E-state index contributed by atoms with van der Waals surface area (Å²) in [6.45, 7) is 5.65. The van der Waals surface area contributed by atoms with Crippen molar-refractivity contribution in [3.05, 3.63) is 35.9 Å². The van der Waals surface area contributed by atoms with E-state index in [2.05, 4.69) is 15.6 Å². The van der Waals surface area contributed by atoms with Gasteiger partial charge in [-0.05, 0) is 52.0 Å². The van der Waals surface area contributed by atoms with Crippen molar-refractivity contribution in [3.63, 3.8) is 0 Å². The van der Waals surface area contributed by atoms with Crippen molar-refractivity contribution in [2.24, 2.45) is 16.5 Å². The number of rotatable bonds is 10. The molecule has 1 saturated heterocycles. The van der Waals surface area contributed by atoms with Crippen molar-refractivity contribution in [2.45, 2.75) is 70.2 Å². The molecule has 0 bridgehead atoms. The summed E-state index contributed by atoms with van der Waals surface area (Å²) in [5, 5.41) is 14.7. The van der Waals surface area contributed by atoms with E-state index in [0.717, 1.165) is 0 Å². The Kier molecular flexibility index (Phi) is 10.1. The van der Waals surface area contributed by atoms with Gasteiger partial charge in [0.2, 0.25) is 5.91 Å². The van der Waals surface area contributed by atoms with Gasteiger partial charge < -0.3 is 36.8 Å². The van der Waals surface area contributed by atoms with Crippen LogP contribution in [0, 0.1) is 0 Å². The summed E-state index contributed by atoms with van der Waals surface area (Å²) in [7, 11) is 0. The highest BCUT2D eigenvalue weighted by Crippen LogP contribution is 2.24.